The minimum Gasteiger partial charge on any atom is -0.490 e. The van der Waals surface area contributed by atoms with E-state index in [-0.39, 0.29) is 5.75 Å². The van der Waals surface area contributed by atoms with E-state index >= 15 is 0 Å². The van der Waals surface area contributed by atoms with Gasteiger partial charge in [-0.15, -0.1) is 0 Å². The van der Waals surface area contributed by atoms with Gasteiger partial charge in [0.2, 0.25) is 0 Å². The Morgan fingerprint density at radius 3 is 2.90 bits per heavy atom. The number of nitrogens with two attached hydrogens (primary N) is 1. The molecule has 1 aromatic carbocycles. The van der Waals surface area contributed by atoms with Crippen LogP contribution >= 0.6 is 0 Å². The van der Waals surface area contributed by atoms with E-state index in [1.807, 2.05) is 25.1 Å². The molecular formula is C16H20FN3O. The maximum atomic E-state index is 13.7. The molecule has 0 aliphatic carbocycles. The van der Waals surface area contributed by atoms with Gasteiger partial charge in [-0.1, -0.05) is 13.0 Å². The molecule has 1 aromatic heterocycles. The molecule has 21 heavy (non-hydrogen) atoms. The number of hydrogen-bond donors (Lipinski definition) is 2. The number of aromatic nitrogens is 1. The van der Waals surface area contributed by atoms with Gasteiger partial charge in [0.05, 0.1) is 18.0 Å². The number of nitrogens with one attached hydrogen (secondary N) is 1. The molecule has 0 radical (unpaired) electrons. The fraction of sp³-hybridized carbons (Fsp3) is 0.312. The van der Waals surface area contributed by atoms with Crippen LogP contribution in [0.25, 0.3) is 0 Å². The van der Waals surface area contributed by atoms with Crippen LogP contribution in [-0.2, 0) is 6.42 Å². The molecule has 0 aliphatic rings. The highest BCUT2D eigenvalue weighted by atomic mass is 19.1. The van der Waals surface area contributed by atoms with Crippen molar-refractivity contribution >= 4 is 11.4 Å². The zero-order valence-corrected chi connectivity index (χ0v) is 12.1. The predicted molar refractivity (Wildman–Crippen MR) is 83.0 cm³/mol. The Balaban J connectivity index is 1.98. The lowest BCUT2D eigenvalue weighted by molar-refractivity contribution is 0.301. The van der Waals surface area contributed by atoms with Gasteiger partial charge in [0.25, 0.3) is 0 Å². The number of benzene rings is 1. The Morgan fingerprint density at radius 2 is 2.19 bits per heavy atom. The standard InChI is InChI=1S/C16H20FN3O/c1-2-9-21-16-11-15(14(18)10-13(16)17)20-8-6-12-5-3-4-7-19-12/h3-5,7,10-11,20H,2,6,8-9,18H2,1H3. The minimum atomic E-state index is -0.434. The predicted octanol–water partition coefficient (Wildman–Crippen LogP) is 3.25. The van der Waals surface area contributed by atoms with Gasteiger partial charge in [0, 0.05) is 37.0 Å². The summed E-state index contributed by atoms with van der Waals surface area (Å²) in [4.78, 5) is 4.25. The van der Waals surface area contributed by atoms with Gasteiger partial charge < -0.3 is 15.8 Å². The summed E-state index contributed by atoms with van der Waals surface area (Å²) >= 11 is 0. The number of anilines is 2. The van der Waals surface area contributed by atoms with E-state index in [1.54, 1.807) is 12.3 Å². The zero-order chi connectivity index (χ0) is 15.1. The quantitative estimate of drug-likeness (QED) is 0.768. The molecule has 0 unspecified atom stereocenters. The molecule has 2 aromatic rings. The number of hydrogen-bond acceptors (Lipinski definition) is 4. The van der Waals surface area contributed by atoms with Crippen molar-refractivity contribution in [1.29, 1.82) is 0 Å². The monoisotopic (exact) mass is 289 g/mol. The van der Waals surface area contributed by atoms with Crippen molar-refractivity contribution in [1.82, 2.24) is 4.98 Å². The second-order valence-electron chi connectivity index (χ2n) is 4.72. The lowest BCUT2D eigenvalue weighted by atomic mass is 10.2. The van der Waals surface area contributed by atoms with E-state index in [4.69, 9.17) is 10.5 Å². The van der Waals surface area contributed by atoms with Crippen LogP contribution in [0.3, 0.4) is 0 Å². The van der Waals surface area contributed by atoms with Gasteiger partial charge >= 0.3 is 0 Å². The topological polar surface area (TPSA) is 60.2 Å². The second kappa shape index (κ2) is 7.47. The van der Waals surface area contributed by atoms with Gasteiger partial charge in [-0.25, -0.2) is 4.39 Å². The summed E-state index contributed by atoms with van der Waals surface area (Å²) in [7, 11) is 0. The molecule has 3 N–H and O–H groups in total. The average molecular weight is 289 g/mol. The molecule has 0 spiro atoms. The normalized spacial score (nSPS) is 10.4. The van der Waals surface area contributed by atoms with Gasteiger partial charge in [-0.3, -0.25) is 4.98 Å². The zero-order valence-electron chi connectivity index (χ0n) is 12.1. The van der Waals surface area contributed by atoms with E-state index < -0.39 is 5.82 Å². The highest BCUT2D eigenvalue weighted by Gasteiger charge is 2.09. The van der Waals surface area contributed by atoms with Crippen LogP contribution in [0.2, 0.25) is 0 Å². The molecule has 0 saturated carbocycles. The van der Waals surface area contributed by atoms with Crippen molar-refractivity contribution in [3.05, 3.63) is 48.0 Å². The number of pyridine rings is 1. The SMILES string of the molecule is CCCOc1cc(NCCc2ccccn2)c(N)cc1F. The number of ether oxygens (including phenoxy) is 1. The number of nitrogen functional groups attached to an aromatic ring is 1. The van der Waals surface area contributed by atoms with Crippen molar-refractivity contribution < 1.29 is 9.13 Å². The summed E-state index contributed by atoms with van der Waals surface area (Å²) < 4.78 is 19.1. The van der Waals surface area contributed by atoms with Crippen LogP contribution < -0.4 is 15.8 Å². The van der Waals surface area contributed by atoms with E-state index in [0.717, 1.165) is 18.5 Å². The fourth-order valence-electron chi connectivity index (χ4n) is 1.92. The molecule has 0 fully saturated rings. The Labute approximate surface area is 124 Å². The molecule has 4 nitrogen and oxygen atoms in total. The van der Waals surface area contributed by atoms with Gasteiger partial charge in [-0.05, 0) is 18.6 Å². The molecule has 5 heteroatoms. The summed E-state index contributed by atoms with van der Waals surface area (Å²) in [6.45, 7) is 3.12. The number of rotatable bonds is 7. The maximum absolute atomic E-state index is 13.7. The average Bonchev–Trinajstić information content (AvgIpc) is 2.49. The van der Waals surface area contributed by atoms with E-state index in [1.165, 1.54) is 6.07 Å². The first-order chi connectivity index (χ1) is 10.2. The van der Waals surface area contributed by atoms with Crippen LogP contribution in [0.5, 0.6) is 5.75 Å². The van der Waals surface area contributed by atoms with Crippen LogP contribution in [0.15, 0.2) is 36.5 Å². The smallest absolute Gasteiger partial charge is 0.167 e. The lowest BCUT2D eigenvalue weighted by Crippen LogP contribution is -2.09. The first kappa shape index (κ1) is 15.1. The summed E-state index contributed by atoms with van der Waals surface area (Å²) in [5.74, 6) is -0.206. The third-order valence-corrected chi connectivity index (χ3v) is 2.99. The molecular weight excluding hydrogens is 269 g/mol. The summed E-state index contributed by atoms with van der Waals surface area (Å²) in [6, 6.07) is 8.69. The van der Waals surface area contributed by atoms with Crippen molar-refractivity contribution in [2.45, 2.75) is 19.8 Å². The Bertz CT molecular complexity index is 575. The number of halogens is 1. The van der Waals surface area contributed by atoms with E-state index in [9.17, 15) is 4.39 Å². The molecule has 1 heterocycles. The minimum absolute atomic E-state index is 0.228. The fourth-order valence-corrected chi connectivity index (χ4v) is 1.92. The molecule has 0 bridgehead atoms. The van der Waals surface area contributed by atoms with Crippen LogP contribution in [0, 0.1) is 5.82 Å². The van der Waals surface area contributed by atoms with Crippen molar-refractivity contribution in [3.8, 4) is 5.75 Å². The van der Waals surface area contributed by atoms with Crippen molar-refractivity contribution in [2.24, 2.45) is 0 Å². The van der Waals surface area contributed by atoms with Crippen LogP contribution in [0.4, 0.5) is 15.8 Å². The van der Waals surface area contributed by atoms with E-state index in [0.29, 0.717) is 24.5 Å². The Morgan fingerprint density at radius 1 is 1.33 bits per heavy atom. The summed E-state index contributed by atoms with van der Waals surface area (Å²) in [5.41, 5.74) is 7.87. The van der Waals surface area contributed by atoms with Crippen LogP contribution in [-0.4, -0.2) is 18.1 Å². The highest BCUT2D eigenvalue weighted by molar-refractivity contribution is 5.68. The maximum Gasteiger partial charge on any atom is 0.167 e. The molecule has 0 atom stereocenters. The molecule has 0 saturated heterocycles. The Hall–Kier alpha value is -2.30. The number of nitrogens with zero attached hydrogens (tertiary/aromatic N) is 1. The molecule has 0 aliphatic heterocycles. The van der Waals surface area contributed by atoms with E-state index in [2.05, 4.69) is 10.3 Å². The second-order valence-corrected chi connectivity index (χ2v) is 4.72. The lowest BCUT2D eigenvalue weighted by Gasteiger charge is -2.13. The Kier molecular flexibility index (Phi) is 5.37. The largest absolute Gasteiger partial charge is 0.490 e. The molecule has 2 rings (SSSR count). The molecule has 0 amide bonds. The highest BCUT2D eigenvalue weighted by Crippen LogP contribution is 2.28. The molecule has 112 valence electrons. The van der Waals surface area contributed by atoms with Crippen molar-refractivity contribution in [2.75, 3.05) is 24.2 Å². The third-order valence-electron chi connectivity index (χ3n) is 2.99. The van der Waals surface area contributed by atoms with Gasteiger partial charge in [0.1, 0.15) is 0 Å². The summed E-state index contributed by atoms with van der Waals surface area (Å²) in [6.07, 6.45) is 3.35. The summed E-state index contributed by atoms with van der Waals surface area (Å²) in [5, 5.41) is 3.19. The van der Waals surface area contributed by atoms with Crippen LogP contribution in [0.1, 0.15) is 19.0 Å². The van der Waals surface area contributed by atoms with Crippen molar-refractivity contribution in [3.63, 3.8) is 0 Å². The van der Waals surface area contributed by atoms with Gasteiger partial charge in [-0.2, -0.15) is 0 Å². The third kappa shape index (κ3) is 4.34. The first-order valence-corrected chi connectivity index (χ1v) is 7.06. The van der Waals surface area contributed by atoms with Gasteiger partial charge in [0.15, 0.2) is 11.6 Å². The first-order valence-electron chi connectivity index (χ1n) is 7.06.